The summed E-state index contributed by atoms with van der Waals surface area (Å²) < 4.78 is 5.07. The Bertz CT molecular complexity index is 584. The number of likely N-dealkylation sites (N-methyl/N-ethyl adjacent to an activating group) is 1. The largest absolute Gasteiger partial charge is 0.497 e. The summed E-state index contributed by atoms with van der Waals surface area (Å²) in [5, 5.41) is 10.2. The highest BCUT2D eigenvalue weighted by Crippen LogP contribution is 2.18. The highest BCUT2D eigenvalue weighted by atomic mass is 16.5. The Hall–Kier alpha value is -2.40. The number of ether oxygens (including phenoxy) is 1. The van der Waals surface area contributed by atoms with E-state index in [2.05, 4.69) is 4.98 Å². The number of aliphatic hydroxyl groups excluding tert-OH is 1. The first-order valence-corrected chi connectivity index (χ1v) is 6.59. The second kappa shape index (κ2) is 6.85. The maximum Gasteiger partial charge on any atom is 0.255 e. The number of rotatable bonds is 5. The van der Waals surface area contributed by atoms with Crippen LogP contribution in [0.1, 0.15) is 22.0 Å². The minimum atomic E-state index is -0.749. The van der Waals surface area contributed by atoms with Crippen LogP contribution < -0.4 is 4.74 Å². The van der Waals surface area contributed by atoms with Crippen LogP contribution in [0.3, 0.4) is 0 Å². The zero-order chi connectivity index (χ0) is 15.2. The van der Waals surface area contributed by atoms with Gasteiger partial charge in [-0.15, -0.1) is 0 Å². The van der Waals surface area contributed by atoms with Crippen LogP contribution in [0, 0.1) is 0 Å². The van der Waals surface area contributed by atoms with Gasteiger partial charge in [-0.25, -0.2) is 0 Å². The fourth-order valence-electron chi connectivity index (χ4n) is 1.98. The van der Waals surface area contributed by atoms with Crippen LogP contribution >= 0.6 is 0 Å². The highest BCUT2D eigenvalue weighted by Gasteiger charge is 2.16. The van der Waals surface area contributed by atoms with Gasteiger partial charge in [0.25, 0.3) is 5.91 Å². The van der Waals surface area contributed by atoms with Crippen LogP contribution in [0.25, 0.3) is 0 Å². The minimum Gasteiger partial charge on any atom is -0.497 e. The fourth-order valence-corrected chi connectivity index (χ4v) is 1.98. The lowest BCUT2D eigenvalue weighted by Gasteiger charge is -2.21. The lowest BCUT2D eigenvalue weighted by molar-refractivity contribution is 0.0680. The average Bonchev–Trinajstić information content (AvgIpc) is 2.55. The topological polar surface area (TPSA) is 62.7 Å². The van der Waals surface area contributed by atoms with Crippen molar-refractivity contribution in [3.8, 4) is 5.75 Å². The van der Waals surface area contributed by atoms with Gasteiger partial charge >= 0.3 is 0 Å². The zero-order valence-electron chi connectivity index (χ0n) is 12.1. The molecule has 0 spiro atoms. The summed E-state index contributed by atoms with van der Waals surface area (Å²) >= 11 is 0. The maximum atomic E-state index is 12.2. The predicted octanol–water partition coefficient (Wildman–Crippen LogP) is 1.90. The first-order chi connectivity index (χ1) is 10.1. The molecule has 2 aromatic rings. The summed E-state index contributed by atoms with van der Waals surface area (Å²) in [6.07, 6.45) is 2.38. The minimum absolute atomic E-state index is 0.171. The number of methoxy groups -OCH3 is 1. The molecule has 2 rings (SSSR count). The van der Waals surface area contributed by atoms with Crippen LogP contribution in [0.2, 0.25) is 0 Å². The molecule has 1 heterocycles. The van der Waals surface area contributed by atoms with Gasteiger partial charge in [0.05, 0.1) is 25.3 Å². The number of benzene rings is 1. The lowest BCUT2D eigenvalue weighted by Crippen LogP contribution is -2.31. The predicted molar refractivity (Wildman–Crippen MR) is 79.2 cm³/mol. The van der Waals surface area contributed by atoms with E-state index < -0.39 is 6.10 Å². The van der Waals surface area contributed by atoms with Crippen LogP contribution in [0.4, 0.5) is 0 Å². The molecule has 0 saturated carbocycles. The molecule has 5 heteroatoms. The Morgan fingerprint density at radius 3 is 2.62 bits per heavy atom. The van der Waals surface area contributed by atoms with Gasteiger partial charge in [-0.05, 0) is 29.8 Å². The maximum absolute atomic E-state index is 12.2. The van der Waals surface area contributed by atoms with E-state index in [-0.39, 0.29) is 12.5 Å². The number of pyridine rings is 1. The average molecular weight is 286 g/mol. The van der Waals surface area contributed by atoms with E-state index in [0.29, 0.717) is 5.56 Å². The summed E-state index contributed by atoms with van der Waals surface area (Å²) in [6, 6.07) is 10.5. The van der Waals surface area contributed by atoms with E-state index in [9.17, 15) is 9.90 Å². The molecule has 21 heavy (non-hydrogen) atoms. The molecule has 5 nitrogen and oxygen atoms in total. The third kappa shape index (κ3) is 3.79. The molecule has 0 bridgehead atoms. The third-order valence-electron chi connectivity index (χ3n) is 3.20. The zero-order valence-corrected chi connectivity index (χ0v) is 12.1. The smallest absolute Gasteiger partial charge is 0.255 e. The molecule has 0 radical (unpaired) electrons. The summed E-state index contributed by atoms with van der Waals surface area (Å²) in [4.78, 5) is 17.6. The number of aliphatic hydroxyl groups is 1. The van der Waals surface area contributed by atoms with E-state index in [0.717, 1.165) is 11.3 Å². The Labute approximate surface area is 123 Å². The van der Waals surface area contributed by atoms with Crippen LogP contribution in [-0.4, -0.2) is 41.6 Å². The monoisotopic (exact) mass is 286 g/mol. The van der Waals surface area contributed by atoms with Crippen molar-refractivity contribution >= 4 is 5.91 Å². The van der Waals surface area contributed by atoms with Crippen molar-refractivity contribution in [3.63, 3.8) is 0 Å². The van der Waals surface area contributed by atoms with Gasteiger partial charge < -0.3 is 14.7 Å². The van der Waals surface area contributed by atoms with Crippen LogP contribution in [0.5, 0.6) is 5.75 Å². The molecule has 1 aromatic heterocycles. The number of aromatic nitrogens is 1. The van der Waals surface area contributed by atoms with Crippen LogP contribution in [-0.2, 0) is 0 Å². The molecule has 0 fully saturated rings. The lowest BCUT2D eigenvalue weighted by atomic mass is 10.1. The Morgan fingerprint density at radius 1 is 1.33 bits per heavy atom. The van der Waals surface area contributed by atoms with Crippen molar-refractivity contribution in [1.82, 2.24) is 9.88 Å². The van der Waals surface area contributed by atoms with E-state index in [4.69, 9.17) is 4.74 Å². The molecule has 1 unspecified atom stereocenters. The number of carbonyl (C=O) groups excluding carboxylic acids is 1. The molecule has 0 aliphatic heterocycles. The molecule has 1 atom stereocenters. The molecule has 1 amide bonds. The Kier molecular flexibility index (Phi) is 4.90. The van der Waals surface area contributed by atoms with Crippen molar-refractivity contribution in [3.05, 3.63) is 59.9 Å². The van der Waals surface area contributed by atoms with Crippen molar-refractivity contribution in [2.75, 3.05) is 20.7 Å². The van der Waals surface area contributed by atoms with E-state index in [1.54, 1.807) is 56.8 Å². The number of hydrogen-bond donors (Lipinski definition) is 1. The van der Waals surface area contributed by atoms with Crippen molar-refractivity contribution in [2.24, 2.45) is 0 Å². The number of hydrogen-bond acceptors (Lipinski definition) is 4. The molecule has 0 saturated heterocycles. The van der Waals surface area contributed by atoms with Crippen LogP contribution in [0.15, 0.2) is 48.8 Å². The van der Waals surface area contributed by atoms with Crippen molar-refractivity contribution in [2.45, 2.75) is 6.10 Å². The first-order valence-electron chi connectivity index (χ1n) is 6.59. The summed E-state index contributed by atoms with van der Waals surface area (Å²) in [7, 11) is 3.24. The number of amides is 1. The fraction of sp³-hybridized carbons (Fsp3) is 0.250. The standard InChI is InChI=1S/C16H18N2O3/c1-18(16(20)13-4-3-9-17-10-13)11-15(19)12-5-7-14(21-2)8-6-12/h3-10,15,19H,11H2,1-2H3. The molecule has 110 valence electrons. The first kappa shape index (κ1) is 15.0. The van der Waals surface area contributed by atoms with Crippen molar-refractivity contribution in [1.29, 1.82) is 0 Å². The summed E-state index contributed by atoms with van der Waals surface area (Å²) in [5.41, 5.74) is 1.24. The Balaban J connectivity index is 2.01. The molecule has 0 aliphatic rings. The quantitative estimate of drug-likeness (QED) is 0.912. The van der Waals surface area contributed by atoms with Crippen molar-refractivity contribution < 1.29 is 14.6 Å². The van der Waals surface area contributed by atoms with Gasteiger partial charge in [0.2, 0.25) is 0 Å². The van der Waals surface area contributed by atoms with Gasteiger partial charge in [-0.2, -0.15) is 0 Å². The molecule has 1 aromatic carbocycles. The summed E-state index contributed by atoms with van der Waals surface area (Å²) in [6.45, 7) is 0.208. The highest BCUT2D eigenvalue weighted by molar-refractivity contribution is 5.93. The second-order valence-electron chi connectivity index (χ2n) is 4.72. The Morgan fingerprint density at radius 2 is 2.05 bits per heavy atom. The third-order valence-corrected chi connectivity index (χ3v) is 3.20. The van der Waals surface area contributed by atoms with Gasteiger partial charge in [0.1, 0.15) is 5.75 Å². The molecule has 0 aliphatic carbocycles. The molecular formula is C16H18N2O3. The van der Waals surface area contributed by atoms with E-state index in [1.807, 2.05) is 0 Å². The molecule has 1 N–H and O–H groups in total. The van der Waals surface area contributed by atoms with E-state index >= 15 is 0 Å². The number of nitrogens with zero attached hydrogens (tertiary/aromatic N) is 2. The summed E-state index contributed by atoms with van der Waals surface area (Å²) in [5.74, 6) is 0.557. The van der Waals surface area contributed by atoms with Gasteiger partial charge in [0, 0.05) is 19.4 Å². The number of carbonyl (C=O) groups is 1. The van der Waals surface area contributed by atoms with Gasteiger partial charge in [0.15, 0.2) is 0 Å². The second-order valence-corrected chi connectivity index (χ2v) is 4.72. The van der Waals surface area contributed by atoms with E-state index in [1.165, 1.54) is 11.1 Å². The van der Waals surface area contributed by atoms with Gasteiger partial charge in [-0.3, -0.25) is 9.78 Å². The normalized spacial score (nSPS) is 11.8. The SMILES string of the molecule is COc1ccc(C(O)CN(C)C(=O)c2cccnc2)cc1. The van der Waals surface area contributed by atoms with Gasteiger partial charge in [-0.1, -0.05) is 12.1 Å². The molecular weight excluding hydrogens is 268 g/mol.